The normalized spacial score (nSPS) is 12.9. The Morgan fingerprint density at radius 2 is 2.22 bits per heavy atom. The zero-order valence-electron chi connectivity index (χ0n) is 9.58. The topological polar surface area (TPSA) is 129 Å². The molecular formula is C9H13N3O5S. The molecule has 0 fully saturated rings. The van der Waals surface area contributed by atoms with Crippen LogP contribution in [-0.2, 0) is 14.6 Å². The van der Waals surface area contributed by atoms with Crippen molar-refractivity contribution in [1.29, 1.82) is 0 Å². The Balaban J connectivity index is 2.64. The van der Waals surface area contributed by atoms with Crippen LogP contribution < -0.4 is 5.32 Å². The molecular weight excluding hydrogens is 262 g/mol. The summed E-state index contributed by atoms with van der Waals surface area (Å²) in [6.45, 7) is 0. The fourth-order valence-corrected chi connectivity index (χ4v) is 1.87. The first-order valence-corrected chi connectivity index (χ1v) is 7.06. The number of sulfone groups is 1. The maximum absolute atomic E-state index is 11.6. The standard InChI is InChI=1S/C9H13N3O5S/c1-18(16,17)3-2-7(9(14)15)12-8(13)6-4-10-11-5-6/h4-5,7H,2-3H2,1H3,(H,10,11)(H,12,13)(H,14,15). The van der Waals surface area contributed by atoms with Crippen molar-refractivity contribution < 1.29 is 23.1 Å². The summed E-state index contributed by atoms with van der Waals surface area (Å²) in [7, 11) is -3.28. The summed E-state index contributed by atoms with van der Waals surface area (Å²) in [6, 6.07) is -1.25. The summed E-state index contributed by atoms with van der Waals surface area (Å²) in [6.07, 6.45) is 3.37. The van der Waals surface area contributed by atoms with E-state index in [9.17, 15) is 18.0 Å². The fourth-order valence-electron chi connectivity index (χ4n) is 1.21. The van der Waals surface area contributed by atoms with Gasteiger partial charge in [0, 0.05) is 12.5 Å². The van der Waals surface area contributed by atoms with Crippen molar-refractivity contribution in [3.8, 4) is 0 Å². The van der Waals surface area contributed by atoms with Crippen molar-refractivity contribution in [3.05, 3.63) is 18.0 Å². The van der Waals surface area contributed by atoms with E-state index < -0.39 is 27.8 Å². The molecule has 0 radical (unpaired) electrons. The molecule has 1 aromatic heterocycles. The summed E-state index contributed by atoms with van der Waals surface area (Å²) in [5, 5.41) is 17.1. The maximum Gasteiger partial charge on any atom is 0.326 e. The molecule has 100 valence electrons. The number of H-pyrrole nitrogens is 1. The summed E-state index contributed by atoms with van der Waals surface area (Å²) >= 11 is 0. The Kier molecular flexibility index (Phi) is 4.43. The number of hydrogen-bond acceptors (Lipinski definition) is 5. The molecule has 0 spiro atoms. The SMILES string of the molecule is CS(=O)(=O)CCC(NC(=O)c1cn[nH]c1)C(=O)O. The summed E-state index contributed by atoms with van der Waals surface area (Å²) < 4.78 is 21.9. The largest absolute Gasteiger partial charge is 0.480 e. The number of carboxylic acid groups (broad SMARTS) is 1. The van der Waals surface area contributed by atoms with Gasteiger partial charge in [-0.3, -0.25) is 9.89 Å². The molecule has 9 heteroatoms. The first-order chi connectivity index (χ1) is 8.29. The van der Waals surface area contributed by atoms with Gasteiger partial charge in [-0.1, -0.05) is 0 Å². The summed E-state index contributed by atoms with van der Waals surface area (Å²) in [5.41, 5.74) is 0.181. The number of carboxylic acids is 1. The predicted octanol–water partition coefficient (Wildman–Crippen LogP) is -0.973. The molecule has 0 aliphatic heterocycles. The lowest BCUT2D eigenvalue weighted by atomic mass is 10.2. The van der Waals surface area contributed by atoms with Crippen LogP contribution in [0.25, 0.3) is 0 Å². The maximum atomic E-state index is 11.6. The van der Waals surface area contributed by atoms with Crippen molar-refractivity contribution in [2.24, 2.45) is 0 Å². The third-order valence-electron chi connectivity index (χ3n) is 2.14. The highest BCUT2D eigenvalue weighted by Gasteiger charge is 2.22. The quantitative estimate of drug-likeness (QED) is 0.612. The van der Waals surface area contributed by atoms with E-state index in [4.69, 9.17) is 5.11 Å². The number of rotatable bonds is 6. The van der Waals surface area contributed by atoms with Crippen molar-refractivity contribution in [2.45, 2.75) is 12.5 Å². The molecule has 1 rings (SSSR count). The molecule has 1 aromatic rings. The molecule has 1 heterocycles. The number of hydrogen-bond donors (Lipinski definition) is 3. The zero-order chi connectivity index (χ0) is 13.8. The summed E-state index contributed by atoms with van der Waals surface area (Å²) in [5.74, 6) is -2.21. The van der Waals surface area contributed by atoms with Crippen LogP contribution in [0.1, 0.15) is 16.8 Å². The second-order valence-electron chi connectivity index (χ2n) is 3.77. The van der Waals surface area contributed by atoms with Gasteiger partial charge < -0.3 is 10.4 Å². The monoisotopic (exact) mass is 275 g/mol. The van der Waals surface area contributed by atoms with Crippen LogP contribution in [0.2, 0.25) is 0 Å². The van der Waals surface area contributed by atoms with E-state index in [-0.39, 0.29) is 17.7 Å². The number of carbonyl (C=O) groups excluding carboxylic acids is 1. The molecule has 8 nitrogen and oxygen atoms in total. The van der Waals surface area contributed by atoms with Gasteiger partial charge in [0.15, 0.2) is 0 Å². The van der Waals surface area contributed by atoms with Gasteiger partial charge >= 0.3 is 5.97 Å². The van der Waals surface area contributed by atoms with Gasteiger partial charge in [-0.2, -0.15) is 5.10 Å². The van der Waals surface area contributed by atoms with Crippen LogP contribution in [-0.4, -0.2) is 53.6 Å². The van der Waals surface area contributed by atoms with Gasteiger partial charge in [-0.25, -0.2) is 13.2 Å². The van der Waals surface area contributed by atoms with Gasteiger partial charge in [0.2, 0.25) is 0 Å². The lowest BCUT2D eigenvalue weighted by Crippen LogP contribution is -2.41. The number of aromatic amines is 1. The minimum Gasteiger partial charge on any atom is -0.480 e. The number of nitrogens with zero attached hydrogens (tertiary/aromatic N) is 1. The minimum atomic E-state index is -3.28. The number of carbonyl (C=O) groups is 2. The first-order valence-electron chi connectivity index (χ1n) is 5.00. The molecule has 1 atom stereocenters. The highest BCUT2D eigenvalue weighted by Crippen LogP contribution is 2.00. The molecule has 0 aliphatic rings. The van der Waals surface area contributed by atoms with Crippen LogP contribution in [0.5, 0.6) is 0 Å². The van der Waals surface area contributed by atoms with Crippen molar-refractivity contribution in [3.63, 3.8) is 0 Å². The van der Waals surface area contributed by atoms with Gasteiger partial charge in [0.25, 0.3) is 5.91 Å². The van der Waals surface area contributed by atoms with Crippen LogP contribution in [0.15, 0.2) is 12.4 Å². The van der Waals surface area contributed by atoms with E-state index in [1.165, 1.54) is 12.4 Å². The molecule has 1 amide bonds. The molecule has 0 aliphatic carbocycles. The van der Waals surface area contributed by atoms with E-state index in [0.717, 1.165) is 6.26 Å². The molecule has 0 saturated carbocycles. The molecule has 1 unspecified atom stereocenters. The lowest BCUT2D eigenvalue weighted by molar-refractivity contribution is -0.139. The van der Waals surface area contributed by atoms with Crippen molar-refractivity contribution in [1.82, 2.24) is 15.5 Å². The van der Waals surface area contributed by atoms with Gasteiger partial charge in [-0.05, 0) is 6.42 Å². The second-order valence-corrected chi connectivity index (χ2v) is 6.03. The molecule has 0 aromatic carbocycles. The number of aromatic nitrogens is 2. The minimum absolute atomic E-state index is 0.181. The van der Waals surface area contributed by atoms with E-state index in [0.29, 0.717) is 0 Å². The third-order valence-corrected chi connectivity index (χ3v) is 3.12. The predicted molar refractivity (Wildman–Crippen MR) is 61.8 cm³/mol. The van der Waals surface area contributed by atoms with Crippen LogP contribution in [0.3, 0.4) is 0 Å². The highest BCUT2D eigenvalue weighted by atomic mass is 32.2. The Morgan fingerprint density at radius 1 is 1.56 bits per heavy atom. The number of aliphatic carboxylic acids is 1. The van der Waals surface area contributed by atoms with E-state index >= 15 is 0 Å². The van der Waals surface area contributed by atoms with Crippen molar-refractivity contribution in [2.75, 3.05) is 12.0 Å². The highest BCUT2D eigenvalue weighted by molar-refractivity contribution is 7.90. The van der Waals surface area contributed by atoms with Gasteiger partial charge in [-0.15, -0.1) is 0 Å². The third kappa shape index (κ3) is 4.53. The molecule has 18 heavy (non-hydrogen) atoms. The van der Waals surface area contributed by atoms with Gasteiger partial charge in [0.05, 0.1) is 17.5 Å². The number of nitrogens with one attached hydrogen (secondary N) is 2. The van der Waals surface area contributed by atoms with Crippen LogP contribution >= 0.6 is 0 Å². The van der Waals surface area contributed by atoms with Gasteiger partial charge in [0.1, 0.15) is 15.9 Å². The average Bonchev–Trinajstić information content (AvgIpc) is 2.75. The van der Waals surface area contributed by atoms with E-state index in [1.807, 2.05) is 0 Å². The number of amides is 1. The average molecular weight is 275 g/mol. The zero-order valence-corrected chi connectivity index (χ0v) is 10.4. The Bertz CT molecular complexity index is 522. The molecule has 3 N–H and O–H groups in total. The van der Waals surface area contributed by atoms with Crippen molar-refractivity contribution >= 4 is 21.7 Å². The summed E-state index contributed by atoms with van der Waals surface area (Å²) in [4.78, 5) is 22.4. The molecule has 0 saturated heterocycles. The van der Waals surface area contributed by atoms with Crippen LogP contribution in [0, 0.1) is 0 Å². The van der Waals surface area contributed by atoms with Crippen LogP contribution in [0.4, 0.5) is 0 Å². The Labute approximate surface area is 103 Å². The lowest BCUT2D eigenvalue weighted by Gasteiger charge is -2.13. The first kappa shape index (κ1) is 14.2. The smallest absolute Gasteiger partial charge is 0.326 e. The Morgan fingerprint density at radius 3 is 2.67 bits per heavy atom. The second kappa shape index (κ2) is 5.63. The molecule has 0 bridgehead atoms. The van der Waals surface area contributed by atoms with E-state index in [2.05, 4.69) is 15.5 Å². The Hall–Kier alpha value is -1.90. The fraction of sp³-hybridized carbons (Fsp3) is 0.444. The van der Waals surface area contributed by atoms with E-state index in [1.54, 1.807) is 0 Å².